The number of rotatable bonds is 0. The van der Waals surface area contributed by atoms with E-state index in [-0.39, 0.29) is 0 Å². The zero-order chi connectivity index (χ0) is 6.60. The normalized spacial score (nSPS) is 57.6. The molecule has 1 spiro atoms. The molecule has 3 saturated carbocycles. The minimum atomic E-state index is 0.957. The largest absolute Gasteiger partial charge is 0.0527 e. The van der Waals surface area contributed by atoms with Crippen LogP contribution in [0.15, 0.2) is 0 Å². The van der Waals surface area contributed by atoms with Crippen LogP contribution in [0, 0.1) is 17.3 Å². The first kappa shape index (κ1) is 5.62. The first-order valence-electron chi connectivity index (χ1n) is 4.92. The van der Waals surface area contributed by atoms with Crippen LogP contribution in [0.1, 0.15) is 44.9 Å². The van der Waals surface area contributed by atoms with Crippen molar-refractivity contribution in [1.82, 2.24) is 0 Å². The van der Waals surface area contributed by atoms with Gasteiger partial charge in [0.15, 0.2) is 0 Å². The van der Waals surface area contributed by atoms with Crippen LogP contribution in [-0.2, 0) is 0 Å². The summed E-state index contributed by atoms with van der Waals surface area (Å²) in [5, 5.41) is 0. The Hall–Kier alpha value is 0. The number of hydrogen-bond acceptors (Lipinski definition) is 0. The summed E-state index contributed by atoms with van der Waals surface area (Å²) in [7, 11) is 0. The van der Waals surface area contributed by atoms with Gasteiger partial charge in [0.1, 0.15) is 0 Å². The zero-order valence-electron chi connectivity index (χ0n) is 6.60. The third-order valence-corrected chi connectivity index (χ3v) is 4.65. The highest BCUT2D eigenvalue weighted by Crippen LogP contribution is 2.68. The van der Waals surface area contributed by atoms with E-state index in [9.17, 15) is 0 Å². The van der Waals surface area contributed by atoms with Gasteiger partial charge in [-0.05, 0) is 55.8 Å². The van der Waals surface area contributed by atoms with Gasteiger partial charge in [-0.15, -0.1) is 0 Å². The van der Waals surface area contributed by atoms with Gasteiger partial charge in [0.05, 0.1) is 0 Å². The third kappa shape index (κ3) is 0.436. The van der Waals surface area contributed by atoms with Crippen LogP contribution in [-0.4, -0.2) is 0 Å². The monoisotopic (exact) mass is 136 g/mol. The summed E-state index contributed by atoms with van der Waals surface area (Å²) in [5.74, 6) is 2.39. The Labute approximate surface area is 63.0 Å². The van der Waals surface area contributed by atoms with Crippen molar-refractivity contribution in [2.75, 3.05) is 0 Å². The van der Waals surface area contributed by atoms with Gasteiger partial charge in [-0.25, -0.2) is 0 Å². The summed E-state index contributed by atoms with van der Waals surface area (Å²) in [4.78, 5) is 0. The molecule has 0 aromatic rings. The summed E-state index contributed by atoms with van der Waals surface area (Å²) in [6, 6.07) is 0. The average Bonchev–Trinajstić information content (AvgIpc) is 1.80. The van der Waals surface area contributed by atoms with Crippen LogP contribution < -0.4 is 0 Å². The van der Waals surface area contributed by atoms with Gasteiger partial charge in [0, 0.05) is 0 Å². The van der Waals surface area contributed by atoms with E-state index in [0.29, 0.717) is 0 Å². The van der Waals surface area contributed by atoms with E-state index in [1.807, 2.05) is 0 Å². The SMILES string of the molecule is C1CC2CCC23CCC3C1. The average molecular weight is 136 g/mol. The van der Waals surface area contributed by atoms with Crippen molar-refractivity contribution in [1.29, 1.82) is 0 Å². The van der Waals surface area contributed by atoms with E-state index in [1.54, 1.807) is 44.9 Å². The van der Waals surface area contributed by atoms with Gasteiger partial charge < -0.3 is 0 Å². The van der Waals surface area contributed by atoms with Crippen LogP contribution in [0.2, 0.25) is 0 Å². The summed E-state index contributed by atoms with van der Waals surface area (Å²) in [6.45, 7) is 0. The summed E-state index contributed by atoms with van der Waals surface area (Å²) in [6.07, 6.45) is 11.1. The van der Waals surface area contributed by atoms with Crippen molar-refractivity contribution in [3.63, 3.8) is 0 Å². The Kier molecular flexibility index (Phi) is 0.898. The van der Waals surface area contributed by atoms with Gasteiger partial charge in [0.25, 0.3) is 0 Å². The van der Waals surface area contributed by atoms with E-state index in [0.717, 1.165) is 5.41 Å². The van der Waals surface area contributed by atoms with Crippen molar-refractivity contribution < 1.29 is 0 Å². The Morgan fingerprint density at radius 3 is 1.70 bits per heavy atom. The van der Waals surface area contributed by atoms with Crippen molar-refractivity contribution in [3.8, 4) is 0 Å². The van der Waals surface area contributed by atoms with Crippen LogP contribution in [0.25, 0.3) is 0 Å². The van der Waals surface area contributed by atoms with Crippen molar-refractivity contribution >= 4 is 0 Å². The molecule has 3 rings (SSSR count). The molecule has 0 heterocycles. The Morgan fingerprint density at radius 2 is 1.40 bits per heavy atom. The lowest BCUT2D eigenvalue weighted by Gasteiger charge is -2.64. The minimum absolute atomic E-state index is 0.957. The highest BCUT2D eigenvalue weighted by atomic mass is 14.6. The Bertz CT molecular complexity index is 141. The van der Waals surface area contributed by atoms with Crippen LogP contribution in [0.4, 0.5) is 0 Å². The second-order valence-corrected chi connectivity index (χ2v) is 4.64. The molecule has 2 unspecified atom stereocenters. The smallest absolute Gasteiger partial charge is 0.0241 e. The molecule has 3 fully saturated rings. The van der Waals surface area contributed by atoms with Gasteiger partial charge in [-0.3, -0.25) is 0 Å². The Morgan fingerprint density at radius 1 is 0.800 bits per heavy atom. The van der Waals surface area contributed by atoms with Gasteiger partial charge >= 0.3 is 0 Å². The zero-order valence-corrected chi connectivity index (χ0v) is 6.60. The molecule has 0 aliphatic heterocycles. The summed E-state index contributed by atoms with van der Waals surface area (Å²) < 4.78 is 0. The van der Waals surface area contributed by atoms with E-state index >= 15 is 0 Å². The molecule has 3 aliphatic rings. The molecule has 3 aliphatic carbocycles. The van der Waals surface area contributed by atoms with Gasteiger partial charge in [-0.2, -0.15) is 0 Å². The molecule has 2 atom stereocenters. The molecular formula is C10H16. The quantitative estimate of drug-likeness (QED) is 0.480. The van der Waals surface area contributed by atoms with E-state index in [4.69, 9.17) is 0 Å². The maximum absolute atomic E-state index is 1.60. The fraction of sp³-hybridized carbons (Fsp3) is 1.00. The topological polar surface area (TPSA) is 0 Å². The maximum Gasteiger partial charge on any atom is -0.0241 e. The lowest BCUT2D eigenvalue weighted by atomic mass is 9.41. The molecule has 56 valence electrons. The molecule has 0 aromatic heterocycles. The highest BCUT2D eigenvalue weighted by Gasteiger charge is 2.57. The molecule has 0 radical (unpaired) electrons. The van der Waals surface area contributed by atoms with Crippen molar-refractivity contribution in [3.05, 3.63) is 0 Å². The fourth-order valence-electron chi connectivity index (χ4n) is 3.78. The lowest BCUT2D eigenvalue weighted by Crippen LogP contribution is -2.54. The first-order chi connectivity index (χ1) is 4.92. The standard InChI is InChI=1S/C10H16/c1-2-8-4-6-10(8)7-5-9(10)3-1/h8-9H,1-7H2. The molecule has 0 heteroatoms. The van der Waals surface area contributed by atoms with E-state index in [1.165, 1.54) is 11.8 Å². The lowest BCUT2D eigenvalue weighted by molar-refractivity contribution is -0.142. The van der Waals surface area contributed by atoms with Crippen molar-refractivity contribution in [2.24, 2.45) is 17.3 Å². The van der Waals surface area contributed by atoms with E-state index in [2.05, 4.69) is 0 Å². The number of hydrogen-bond donors (Lipinski definition) is 0. The van der Waals surface area contributed by atoms with Gasteiger partial charge in [0.2, 0.25) is 0 Å². The Balaban J connectivity index is 1.88. The molecule has 0 nitrogen and oxygen atoms in total. The molecule has 0 amide bonds. The van der Waals surface area contributed by atoms with E-state index < -0.39 is 0 Å². The molecule has 10 heavy (non-hydrogen) atoms. The van der Waals surface area contributed by atoms with Crippen LogP contribution in [0.5, 0.6) is 0 Å². The van der Waals surface area contributed by atoms with Crippen LogP contribution in [0.3, 0.4) is 0 Å². The third-order valence-electron chi connectivity index (χ3n) is 4.65. The predicted molar refractivity (Wildman–Crippen MR) is 41.7 cm³/mol. The molecule has 0 saturated heterocycles. The second kappa shape index (κ2) is 1.60. The second-order valence-electron chi connectivity index (χ2n) is 4.64. The minimum Gasteiger partial charge on any atom is -0.0527 e. The first-order valence-corrected chi connectivity index (χ1v) is 4.92. The van der Waals surface area contributed by atoms with Gasteiger partial charge in [-0.1, -0.05) is 6.42 Å². The molecule has 0 bridgehead atoms. The molecule has 0 N–H and O–H groups in total. The van der Waals surface area contributed by atoms with Crippen molar-refractivity contribution in [2.45, 2.75) is 44.9 Å². The highest BCUT2D eigenvalue weighted by molar-refractivity contribution is 5.08. The maximum atomic E-state index is 1.60. The summed E-state index contributed by atoms with van der Waals surface area (Å²) >= 11 is 0. The summed E-state index contributed by atoms with van der Waals surface area (Å²) in [5.41, 5.74) is 0.957. The fourth-order valence-corrected chi connectivity index (χ4v) is 3.78. The molecule has 0 aromatic carbocycles. The predicted octanol–water partition coefficient (Wildman–Crippen LogP) is 2.98. The van der Waals surface area contributed by atoms with Crippen LogP contribution >= 0.6 is 0 Å². The molecular weight excluding hydrogens is 120 g/mol.